The fourth-order valence-electron chi connectivity index (χ4n) is 3.65. The summed E-state index contributed by atoms with van der Waals surface area (Å²) in [6.07, 6.45) is 10.0. The third-order valence-electron chi connectivity index (χ3n) is 5.12. The van der Waals surface area contributed by atoms with E-state index in [0.29, 0.717) is 5.56 Å². The number of hydrogen-bond donors (Lipinski definition) is 3. The van der Waals surface area contributed by atoms with Crippen molar-refractivity contribution in [3.63, 3.8) is 0 Å². The molecule has 0 aromatic heterocycles. The van der Waals surface area contributed by atoms with Gasteiger partial charge in [-0.25, -0.2) is 4.79 Å². The molecule has 2 N–H and O–H groups in total. The summed E-state index contributed by atoms with van der Waals surface area (Å²) < 4.78 is 5.24. The monoisotopic (exact) mass is 459 g/mol. The van der Waals surface area contributed by atoms with Crippen LogP contribution in [0.5, 0.6) is 0 Å². The molecule has 0 spiro atoms. The summed E-state index contributed by atoms with van der Waals surface area (Å²) in [4.78, 5) is 39.9. The van der Waals surface area contributed by atoms with Crippen LogP contribution >= 0.6 is 12.6 Å². The summed E-state index contributed by atoms with van der Waals surface area (Å²) in [6.45, 7) is 5.16. The lowest BCUT2D eigenvalue weighted by molar-refractivity contribution is -0.138. The molecule has 0 saturated heterocycles. The van der Waals surface area contributed by atoms with Crippen molar-refractivity contribution in [3.8, 4) is 12.5 Å². The second-order valence-electron chi connectivity index (χ2n) is 8.88. The van der Waals surface area contributed by atoms with Gasteiger partial charge in [0.15, 0.2) is 0 Å². The van der Waals surface area contributed by atoms with Crippen LogP contribution in [0.15, 0.2) is 30.3 Å². The SMILES string of the molecule is C#CN(C(=O)C(CS)NC(=O)OC(C)(C)C)C(C(=O)NC1CCCCC1)c1ccccc1. The molecular weight excluding hydrogens is 426 g/mol. The third kappa shape index (κ3) is 7.49. The van der Waals surface area contributed by atoms with E-state index in [-0.39, 0.29) is 17.7 Å². The Morgan fingerprint density at radius 3 is 2.34 bits per heavy atom. The van der Waals surface area contributed by atoms with Crippen molar-refractivity contribution < 1.29 is 19.1 Å². The van der Waals surface area contributed by atoms with Crippen LogP contribution in [0.1, 0.15) is 64.5 Å². The Morgan fingerprint density at radius 1 is 1.19 bits per heavy atom. The fourth-order valence-corrected chi connectivity index (χ4v) is 3.90. The molecule has 1 aromatic carbocycles. The number of nitrogens with one attached hydrogen (secondary N) is 2. The average molecular weight is 460 g/mol. The number of carbonyl (C=O) groups is 3. The first-order chi connectivity index (χ1) is 15.2. The predicted octanol–water partition coefficient (Wildman–Crippen LogP) is 3.42. The van der Waals surface area contributed by atoms with Crippen LogP contribution in [0.25, 0.3) is 0 Å². The Balaban J connectivity index is 2.26. The molecule has 1 fully saturated rings. The number of amides is 3. The molecule has 2 unspecified atom stereocenters. The van der Waals surface area contributed by atoms with Gasteiger partial charge in [0.25, 0.3) is 5.91 Å². The van der Waals surface area contributed by atoms with E-state index in [1.807, 2.05) is 6.07 Å². The zero-order chi connectivity index (χ0) is 23.7. The molecule has 1 aliphatic rings. The normalized spacial score (nSPS) is 16.2. The number of thiol groups is 1. The lowest BCUT2D eigenvalue weighted by atomic mass is 9.94. The summed E-state index contributed by atoms with van der Waals surface area (Å²) in [6, 6.07) is 9.20. The molecule has 32 heavy (non-hydrogen) atoms. The summed E-state index contributed by atoms with van der Waals surface area (Å²) in [7, 11) is 0. The maximum Gasteiger partial charge on any atom is 0.408 e. The van der Waals surface area contributed by atoms with Gasteiger partial charge in [-0.05, 0) is 39.2 Å². The summed E-state index contributed by atoms with van der Waals surface area (Å²) in [5.41, 5.74) is -0.144. The van der Waals surface area contributed by atoms with Crippen LogP contribution < -0.4 is 10.6 Å². The van der Waals surface area contributed by atoms with Gasteiger partial charge in [0.05, 0.1) is 0 Å². The number of benzene rings is 1. The second kappa shape index (κ2) is 11.8. The smallest absolute Gasteiger partial charge is 0.408 e. The van der Waals surface area contributed by atoms with Crippen molar-refractivity contribution in [2.45, 2.75) is 76.6 Å². The Morgan fingerprint density at radius 2 is 1.81 bits per heavy atom. The lowest BCUT2D eigenvalue weighted by Crippen LogP contribution is -2.53. The van der Waals surface area contributed by atoms with Gasteiger partial charge in [0, 0.05) is 17.8 Å². The standard InChI is InChI=1S/C24H33N3O4S/c1-5-27(22(29)19(16-32)26-23(30)31-24(2,3)4)20(17-12-8-6-9-13-17)21(28)25-18-14-10-7-11-15-18/h1,6,8-9,12-13,18-20,32H,7,10-11,14-16H2,2-4H3,(H,25,28)(H,26,30). The van der Waals surface area contributed by atoms with Crippen molar-refractivity contribution in [1.29, 1.82) is 0 Å². The highest BCUT2D eigenvalue weighted by molar-refractivity contribution is 7.80. The Kier molecular flexibility index (Phi) is 9.45. The van der Waals surface area contributed by atoms with Crippen LogP contribution in [-0.2, 0) is 14.3 Å². The van der Waals surface area contributed by atoms with E-state index in [1.54, 1.807) is 45.0 Å². The van der Waals surface area contributed by atoms with E-state index in [2.05, 4.69) is 29.3 Å². The molecule has 1 saturated carbocycles. The molecule has 3 amide bonds. The molecule has 0 bridgehead atoms. The number of terminal acetylenes is 1. The number of rotatable bonds is 7. The highest BCUT2D eigenvalue weighted by Crippen LogP contribution is 2.24. The number of nitrogens with zero attached hydrogens (tertiary/aromatic N) is 1. The number of carbonyl (C=O) groups excluding carboxylic acids is 3. The van der Waals surface area contributed by atoms with Gasteiger partial charge in [-0.15, -0.1) is 0 Å². The van der Waals surface area contributed by atoms with Crippen molar-refractivity contribution >= 4 is 30.5 Å². The summed E-state index contributed by atoms with van der Waals surface area (Å²) in [5, 5.41) is 5.56. The van der Waals surface area contributed by atoms with Gasteiger partial charge in [-0.3, -0.25) is 14.5 Å². The van der Waals surface area contributed by atoms with Gasteiger partial charge in [-0.1, -0.05) is 56.0 Å². The first kappa shape index (κ1) is 25.6. The first-order valence-electron chi connectivity index (χ1n) is 10.9. The highest BCUT2D eigenvalue weighted by Gasteiger charge is 2.36. The zero-order valence-electron chi connectivity index (χ0n) is 19.0. The van der Waals surface area contributed by atoms with Crippen molar-refractivity contribution in [2.24, 2.45) is 0 Å². The molecule has 0 heterocycles. The molecule has 2 atom stereocenters. The maximum atomic E-state index is 13.3. The highest BCUT2D eigenvalue weighted by atomic mass is 32.1. The molecule has 2 rings (SSSR count). The van der Waals surface area contributed by atoms with Crippen LogP contribution in [0.2, 0.25) is 0 Å². The van der Waals surface area contributed by atoms with Crippen molar-refractivity contribution in [1.82, 2.24) is 15.5 Å². The zero-order valence-corrected chi connectivity index (χ0v) is 19.9. The van der Waals surface area contributed by atoms with Gasteiger partial charge in [0.1, 0.15) is 17.7 Å². The summed E-state index contributed by atoms with van der Waals surface area (Å²) in [5.74, 6) is -0.965. The van der Waals surface area contributed by atoms with Crippen molar-refractivity contribution in [2.75, 3.05) is 5.75 Å². The van der Waals surface area contributed by atoms with E-state index in [0.717, 1.165) is 37.0 Å². The van der Waals surface area contributed by atoms with E-state index >= 15 is 0 Å². The van der Waals surface area contributed by atoms with Gasteiger partial charge in [0.2, 0.25) is 5.91 Å². The largest absolute Gasteiger partial charge is 0.444 e. The molecule has 8 heteroatoms. The molecule has 0 radical (unpaired) electrons. The minimum absolute atomic E-state index is 0.0119. The summed E-state index contributed by atoms with van der Waals surface area (Å²) >= 11 is 4.20. The maximum absolute atomic E-state index is 13.3. The Labute approximate surface area is 196 Å². The third-order valence-corrected chi connectivity index (χ3v) is 5.49. The minimum atomic E-state index is -1.06. The van der Waals surface area contributed by atoms with Crippen LogP contribution in [0.4, 0.5) is 4.79 Å². The second-order valence-corrected chi connectivity index (χ2v) is 9.24. The van der Waals surface area contributed by atoms with Crippen LogP contribution in [-0.4, -0.2) is 46.2 Å². The molecule has 7 nitrogen and oxygen atoms in total. The van der Waals surface area contributed by atoms with Crippen molar-refractivity contribution in [3.05, 3.63) is 35.9 Å². The van der Waals surface area contributed by atoms with Gasteiger partial charge in [-0.2, -0.15) is 12.6 Å². The Hall–Kier alpha value is -2.66. The van der Waals surface area contributed by atoms with E-state index < -0.39 is 29.7 Å². The molecule has 1 aliphatic carbocycles. The fraction of sp³-hybridized carbons (Fsp3) is 0.542. The molecule has 0 aliphatic heterocycles. The van der Waals surface area contributed by atoms with Crippen LogP contribution in [0, 0.1) is 12.5 Å². The molecule has 174 valence electrons. The quantitative estimate of drug-likeness (QED) is 0.331. The topological polar surface area (TPSA) is 87.7 Å². The van der Waals surface area contributed by atoms with E-state index in [4.69, 9.17) is 11.2 Å². The predicted molar refractivity (Wildman–Crippen MR) is 127 cm³/mol. The number of hydrogen-bond acceptors (Lipinski definition) is 5. The van der Waals surface area contributed by atoms with Gasteiger partial charge >= 0.3 is 6.09 Å². The van der Waals surface area contributed by atoms with E-state index in [1.165, 1.54) is 0 Å². The minimum Gasteiger partial charge on any atom is -0.444 e. The Bertz CT molecular complexity index is 826. The lowest BCUT2D eigenvalue weighted by Gasteiger charge is -2.31. The van der Waals surface area contributed by atoms with Crippen LogP contribution in [0.3, 0.4) is 0 Å². The number of alkyl carbamates (subject to hydrolysis) is 1. The van der Waals surface area contributed by atoms with Gasteiger partial charge < -0.3 is 15.4 Å². The average Bonchev–Trinajstić information content (AvgIpc) is 2.75. The number of ether oxygens (including phenoxy) is 1. The van der Waals surface area contributed by atoms with E-state index in [9.17, 15) is 14.4 Å². The molecular formula is C24H33N3O4S. The molecule has 1 aromatic rings. The first-order valence-corrected chi connectivity index (χ1v) is 11.5.